The minimum absolute atomic E-state index is 0.0770. The third kappa shape index (κ3) is 6.11. The van der Waals surface area contributed by atoms with Gasteiger partial charge < -0.3 is 19.4 Å². The second kappa shape index (κ2) is 8.46. The normalized spacial score (nSPS) is 18.7. The summed E-state index contributed by atoms with van der Waals surface area (Å²) in [6.45, 7) is 13.1. The molecule has 1 fully saturated rings. The van der Waals surface area contributed by atoms with E-state index in [1.807, 2.05) is 27.7 Å². The Balaban J connectivity index is 2.32. The first kappa shape index (κ1) is 24.0. The van der Waals surface area contributed by atoms with Gasteiger partial charge in [-0.25, -0.2) is 9.18 Å². The highest BCUT2D eigenvalue weighted by Crippen LogP contribution is 2.39. The highest BCUT2D eigenvalue weighted by molar-refractivity contribution is 6.56. The van der Waals surface area contributed by atoms with E-state index in [0.29, 0.717) is 11.0 Å². The minimum atomic E-state index is -0.743. The fourth-order valence-corrected chi connectivity index (χ4v) is 2.88. The Morgan fingerprint density at radius 3 is 2.24 bits per heavy atom. The van der Waals surface area contributed by atoms with Gasteiger partial charge in [-0.05, 0) is 71.6 Å². The molecule has 0 atom stereocenters. The molecule has 0 radical (unpaired) electrons. The van der Waals surface area contributed by atoms with Gasteiger partial charge in [-0.3, -0.25) is 0 Å². The number of hydrogen-bond acceptors (Lipinski definition) is 4. The van der Waals surface area contributed by atoms with Crippen LogP contribution >= 0.6 is 23.2 Å². The predicted octanol–water partition coefficient (Wildman–Crippen LogP) is 5.67. The highest BCUT2D eigenvalue weighted by atomic mass is 35.5. The Kier molecular flexibility index (Phi) is 7.00. The Morgan fingerprint density at radius 2 is 1.76 bits per heavy atom. The van der Waals surface area contributed by atoms with Crippen LogP contribution in [0.1, 0.15) is 54.0 Å². The van der Waals surface area contributed by atoms with Crippen molar-refractivity contribution in [1.82, 2.24) is 5.32 Å². The lowest BCUT2D eigenvalue weighted by atomic mass is 9.77. The second-order valence-electron chi connectivity index (χ2n) is 8.96. The first-order valence-electron chi connectivity index (χ1n) is 9.29. The van der Waals surface area contributed by atoms with Gasteiger partial charge in [0.25, 0.3) is 0 Å². The molecule has 1 aromatic carbocycles. The van der Waals surface area contributed by atoms with Crippen LogP contribution in [0.15, 0.2) is 17.6 Å². The summed E-state index contributed by atoms with van der Waals surface area (Å²) in [7, 11) is -0.743. The standard InChI is InChI=1S/C20H27BCl2FNO4/c1-18(2,3)27-17(26)25-11-13(21-28-19(4,5)20(6,7)29-21)8-12-9-14(22)16(23)15(24)10-12/h8-10H,11H2,1-7H3,(H,25,26). The number of benzene rings is 1. The van der Waals surface area contributed by atoms with Gasteiger partial charge in [0.2, 0.25) is 0 Å². The molecule has 0 bridgehead atoms. The maximum absolute atomic E-state index is 14.0. The molecule has 1 amide bonds. The molecule has 29 heavy (non-hydrogen) atoms. The van der Waals surface area contributed by atoms with Crippen LogP contribution in [0.2, 0.25) is 10.0 Å². The van der Waals surface area contributed by atoms with Gasteiger partial charge in [-0.1, -0.05) is 29.3 Å². The zero-order chi connectivity index (χ0) is 22.2. The van der Waals surface area contributed by atoms with Crippen LogP contribution in [-0.2, 0) is 14.0 Å². The lowest BCUT2D eigenvalue weighted by molar-refractivity contribution is 0.00578. The van der Waals surface area contributed by atoms with E-state index in [1.54, 1.807) is 26.8 Å². The average Bonchev–Trinajstić information content (AvgIpc) is 2.75. The molecule has 0 spiro atoms. The van der Waals surface area contributed by atoms with E-state index in [4.69, 9.17) is 37.2 Å². The topological polar surface area (TPSA) is 56.8 Å². The van der Waals surface area contributed by atoms with Crippen molar-refractivity contribution in [3.8, 4) is 0 Å². The van der Waals surface area contributed by atoms with Crippen LogP contribution in [0, 0.1) is 5.82 Å². The summed E-state index contributed by atoms with van der Waals surface area (Å²) in [6, 6.07) is 2.79. The van der Waals surface area contributed by atoms with Crippen LogP contribution < -0.4 is 5.32 Å². The van der Waals surface area contributed by atoms with Crippen molar-refractivity contribution < 1.29 is 23.2 Å². The average molecular weight is 446 g/mol. The maximum Gasteiger partial charge on any atom is 0.492 e. The van der Waals surface area contributed by atoms with E-state index < -0.39 is 35.8 Å². The minimum Gasteiger partial charge on any atom is -0.444 e. The highest BCUT2D eigenvalue weighted by Gasteiger charge is 2.52. The van der Waals surface area contributed by atoms with Crippen LogP contribution in [-0.4, -0.2) is 36.6 Å². The number of ether oxygens (including phenoxy) is 1. The lowest BCUT2D eigenvalue weighted by Gasteiger charge is -2.32. The Bertz CT molecular complexity index is 782. The number of nitrogens with one attached hydrogen (secondary N) is 1. The van der Waals surface area contributed by atoms with Crippen LogP contribution in [0.5, 0.6) is 0 Å². The molecule has 1 aromatic rings. The van der Waals surface area contributed by atoms with Crippen molar-refractivity contribution in [1.29, 1.82) is 0 Å². The third-order valence-corrected chi connectivity index (χ3v) is 5.53. The molecule has 1 aliphatic heterocycles. The van der Waals surface area contributed by atoms with Gasteiger partial charge >= 0.3 is 13.2 Å². The Hall–Kier alpha value is -1.28. The summed E-state index contributed by atoms with van der Waals surface area (Å²) >= 11 is 11.8. The molecule has 9 heteroatoms. The molecule has 0 aliphatic carbocycles. The van der Waals surface area contributed by atoms with Gasteiger partial charge in [-0.2, -0.15) is 0 Å². The number of halogens is 3. The summed E-state index contributed by atoms with van der Waals surface area (Å²) < 4.78 is 31.5. The molecule has 2 rings (SSSR count). The Labute approximate surface area is 182 Å². The fraction of sp³-hybridized carbons (Fsp3) is 0.550. The molecule has 0 aromatic heterocycles. The summed E-state index contributed by atoms with van der Waals surface area (Å²) in [5.41, 5.74) is -0.748. The molecule has 0 unspecified atom stereocenters. The fourth-order valence-electron chi connectivity index (χ4n) is 2.56. The van der Waals surface area contributed by atoms with E-state index in [-0.39, 0.29) is 16.6 Å². The van der Waals surface area contributed by atoms with Gasteiger partial charge in [0.15, 0.2) is 0 Å². The van der Waals surface area contributed by atoms with E-state index >= 15 is 0 Å². The van der Waals surface area contributed by atoms with Gasteiger partial charge in [0, 0.05) is 6.54 Å². The number of rotatable bonds is 4. The SMILES string of the molecule is CC(C)(C)OC(=O)NCC(=Cc1cc(F)c(Cl)c(Cl)c1)B1OC(C)(C)C(C)(C)O1. The summed E-state index contributed by atoms with van der Waals surface area (Å²) in [6.07, 6.45) is 1.07. The summed E-state index contributed by atoms with van der Waals surface area (Å²) in [5.74, 6) is -0.640. The van der Waals surface area contributed by atoms with E-state index in [0.717, 1.165) is 0 Å². The number of alkyl carbamates (subject to hydrolysis) is 1. The zero-order valence-electron chi connectivity index (χ0n) is 17.8. The van der Waals surface area contributed by atoms with E-state index in [1.165, 1.54) is 12.1 Å². The number of hydrogen-bond donors (Lipinski definition) is 1. The Morgan fingerprint density at radius 1 is 1.21 bits per heavy atom. The zero-order valence-corrected chi connectivity index (χ0v) is 19.3. The van der Waals surface area contributed by atoms with Crippen LogP contribution in [0.25, 0.3) is 6.08 Å². The van der Waals surface area contributed by atoms with E-state index in [9.17, 15) is 9.18 Å². The predicted molar refractivity (Wildman–Crippen MR) is 115 cm³/mol. The van der Waals surface area contributed by atoms with Gasteiger partial charge in [-0.15, -0.1) is 0 Å². The first-order valence-corrected chi connectivity index (χ1v) is 10.0. The largest absolute Gasteiger partial charge is 0.492 e. The van der Waals surface area contributed by atoms with Crippen molar-refractivity contribution >= 4 is 42.5 Å². The van der Waals surface area contributed by atoms with Crippen molar-refractivity contribution in [3.63, 3.8) is 0 Å². The monoisotopic (exact) mass is 445 g/mol. The van der Waals surface area contributed by atoms with Gasteiger partial charge in [0.05, 0.1) is 21.2 Å². The molecule has 5 nitrogen and oxygen atoms in total. The number of carbonyl (C=O) groups is 1. The molecule has 160 valence electrons. The van der Waals surface area contributed by atoms with Crippen molar-refractivity contribution in [2.24, 2.45) is 0 Å². The van der Waals surface area contributed by atoms with E-state index in [2.05, 4.69) is 5.32 Å². The lowest BCUT2D eigenvalue weighted by Crippen LogP contribution is -2.41. The molecule has 0 saturated carbocycles. The summed E-state index contributed by atoms with van der Waals surface area (Å²) in [5, 5.41) is 2.63. The molecule has 1 aliphatic rings. The molecule has 1 saturated heterocycles. The number of carbonyl (C=O) groups excluding carboxylic acids is 1. The van der Waals surface area contributed by atoms with Crippen LogP contribution in [0.3, 0.4) is 0 Å². The molecule has 1 heterocycles. The smallest absolute Gasteiger partial charge is 0.444 e. The van der Waals surface area contributed by atoms with Crippen molar-refractivity contribution in [2.45, 2.75) is 65.3 Å². The first-order chi connectivity index (χ1) is 13.1. The maximum atomic E-state index is 14.0. The quantitative estimate of drug-likeness (QED) is 0.479. The van der Waals surface area contributed by atoms with Crippen molar-refractivity contribution in [2.75, 3.05) is 6.54 Å². The molecule has 1 N–H and O–H groups in total. The third-order valence-electron chi connectivity index (χ3n) is 4.75. The van der Waals surface area contributed by atoms with Crippen LogP contribution in [0.4, 0.5) is 9.18 Å². The summed E-state index contributed by atoms with van der Waals surface area (Å²) in [4.78, 5) is 12.1. The second-order valence-corrected chi connectivity index (χ2v) is 9.75. The van der Waals surface area contributed by atoms with Crippen molar-refractivity contribution in [3.05, 3.63) is 39.0 Å². The van der Waals surface area contributed by atoms with Gasteiger partial charge in [0.1, 0.15) is 11.4 Å². The number of amides is 1. The molecular formula is C20H27BCl2FNO4. The molecular weight excluding hydrogens is 419 g/mol.